The van der Waals surface area contributed by atoms with E-state index in [0.717, 1.165) is 21.9 Å². The van der Waals surface area contributed by atoms with Crippen molar-refractivity contribution in [1.29, 1.82) is 0 Å². The van der Waals surface area contributed by atoms with E-state index >= 15 is 0 Å². The summed E-state index contributed by atoms with van der Waals surface area (Å²) in [5, 5.41) is 0.746. The first-order valence-electron chi connectivity index (χ1n) is 5.38. The molecular weight excluding hydrogens is 234 g/mol. The van der Waals surface area contributed by atoms with Crippen LogP contribution in [0.4, 0.5) is 5.69 Å². The molecule has 2 nitrogen and oxygen atoms in total. The molecule has 0 aliphatic rings. The zero-order valence-electron chi connectivity index (χ0n) is 9.61. The van der Waals surface area contributed by atoms with Crippen LogP contribution in [0.1, 0.15) is 11.1 Å². The van der Waals surface area contributed by atoms with Gasteiger partial charge in [-0.3, -0.25) is 0 Å². The summed E-state index contributed by atoms with van der Waals surface area (Å²) in [6, 6.07) is 13.2. The number of anilines is 1. The number of rotatable bonds is 3. The average molecular weight is 248 g/mol. The number of nitrogens with two attached hydrogens (primary N) is 1. The third-order valence-corrected chi connectivity index (χ3v) is 2.79. The summed E-state index contributed by atoms with van der Waals surface area (Å²) in [5.74, 6) is 0.777. The molecule has 0 atom stereocenters. The first-order valence-corrected chi connectivity index (χ1v) is 5.76. The van der Waals surface area contributed by atoms with Crippen LogP contribution in [0.3, 0.4) is 0 Å². The molecule has 2 N–H and O–H groups in total. The van der Waals surface area contributed by atoms with Gasteiger partial charge in [0.1, 0.15) is 12.4 Å². The quantitative estimate of drug-likeness (QED) is 0.837. The third-order valence-electron chi connectivity index (χ3n) is 2.56. The number of ether oxygens (including phenoxy) is 1. The van der Waals surface area contributed by atoms with Crippen molar-refractivity contribution in [3.05, 3.63) is 58.6 Å². The first-order chi connectivity index (χ1) is 8.15. The molecule has 2 aromatic carbocycles. The minimum absolute atomic E-state index is 0.520. The standard InChI is InChI=1S/C14H14ClNO/c1-10-7-12(15)6-5-11(10)9-17-14-4-2-3-13(16)8-14/h2-8H,9,16H2,1H3. The zero-order chi connectivity index (χ0) is 12.3. The Bertz CT molecular complexity index is 525. The molecule has 0 aliphatic carbocycles. The molecule has 2 rings (SSSR count). The van der Waals surface area contributed by atoms with Gasteiger partial charge in [0.2, 0.25) is 0 Å². The molecule has 0 aromatic heterocycles. The molecule has 0 radical (unpaired) electrons. The van der Waals surface area contributed by atoms with Crippen LogP contribution in [-0.2, 0) is 6.61 Å². The van der Waals surface area contributed by atoms with Crippen molar-refractivity contribution in [1.82, 2.24) is 0 Å². The number of nitrogen functional groups attached to an aromatic ring is 1. The fourth-order valence-corrected chi connectivity index (χ4v) is 1.81. The van der Waals surface area contributed by atoms with E-state index in [9.17, 15) is 0 Å². The molecule has 2 aromatic rings. The molecule has 0 saturated heterocycles. The van der Waals surface area contributed by atoms with Crippen molar-refractivity contribution in [3.8, 4) is 5.75 Å². The van der Waals surface area contributed by atoms with Crippen LogP contribution in [0.25, 0.3) is 0 Å². The van der Waals surface area contributed by atoms with Crippen LogP contribution in [0.15, 0.2) is 42.5 Å². The Kier molecular flexibility index (Phi) is 3.55. The SMILES string of the molecule is Cc1cc(Cl)ccc1COc1cccc(N)c1. The topological polar surface area (TPSA) is 35.2 Å². The summed E-state index contributed by atoms with van der Waals surface area (Å²) >= 11 is 5.90. The monoisotopic (exact) mass is 247 g/mol. The van der Waals surface area contributed by atoms with E-state index in [1.54, 1.807) is 0 Å². The molecule has 0 spiro atoms. The first kappa shape index (κ1) is 11.8. The van der Waals surface area contributed by atoms with E-state index in [4.69, 9.17) is 22.1 Å². The Labute approximate surface area is 106 Å². The lowest BCUT2D eigenvalue weighted by atomic mass is 10.1. The van der Waals surface area contributed by atoms with Crippen molar-refractivity contribution < 1.29 is 4.74 Å². The van der Waals surface area contributed by atoms with Crippen LogP contribution in [0.5, 0.6) is 5.75 Å². The van der Waals surface area contributed by atoms with Gasteiger partial charge in [-0.1, -0.05) is 23.7 Å². The van der Waals surface area contributed by atoms with E-state index < -0.39 is 0 Å². The molecule has 0 saturated carbocycles. The second-order valence-electron chi connectivity index (χ2n) is 3.93. The highest BCUT2D eigenvalue weighted by Crippen LogP contribution is 2.19. The molecular formula is C14H14ClNO. The maximum absolute atomic E-state index is 5.90. The largest absolute Gasteiger partial charge is 0.489 e. The van der Waals surface area contributed by atoms with Crippen LogP contribution >= 0.6 is 11.6 Å². The summed E-state index contributed by atoms with van der Waals surface area (Å²) in [4.78, 5) is 0. The zero-order valence-corrected chi connectivity index (χ0v) is 10.4. The molecule has 3 heteroatoms. The van der Waals surface area contributed by atoms with Gasteiger partial charge >= 0.3 is 0 Å². The van der Waals surface area contributed by atoms with Gasteiger partial charge in [-0.25, -0.2) is 0 Å². The number of aryl methyl sites for hydroxylation is 1. The van der Waals surface area contributed by atoms with E-state index in [1.807, 2.05) is 49.4 Å². The van der Waals surface area contributed by atoms with Gasteiger partial charge in [0.25, 0.3) is 0 Å². The molecule has 0 fully saturated rings. The number of benzene rings is 2. The van der Waals surface area contributed by atoms with Gasteiger partial charge in [-0.2, -0.15) is 0 Å². The summed E-state index contributed by atoms with van der Waals surface area (Å²) < 4.78 is 5.67. The molecule has 0 heterocycles. The normalized spacial score (nSPS) is 10.2. The number of hydrogen-bond acceptors (Lipinski definition) is 2. The molecule has 0 aliphatic heterocycles. The van der Waals surface area contributed by atoms with Crippen molar-refractivity contribution in [2.45, 2.75) is 13.5 Å². The Morgan fingerprint density at radius 2 is 2.00 bits per heavy atom. The van der Waals surface area contributed by atoms with Gasteiger partial charge in [0, 0.05) is 16.8 Å². The second-order valence-corrected chi connectivity index (χ2v) is 4.37. The smallest absolute Gasteiger partial charge is 0.121 e. The molecule has 0 amide bonds. The van der Waals surface area contributed by atoms with E-state index in [0.29, 0.717) is 12.3 Å². The van der Waals surface area contributed by atoms with Gasteiger partial charge in [0.15, 0.2) is 0 Å². The van der Waals surface area contributed by atoms with Crippen molar-refractivity contribution >= 4 is 17.3 Å². The van der Waals surface area contributed by atoms with Gasteiger partial charge < -0.3 is 10.5 Å². The predicted octanol–water partition coefficient (Wildman–Crippen LogP) is 3.81. The average Bonchev–Trinajstić information content (AvgIpc) is 2.28. The Morgan fingerprint density at radius 3 is 2.71 bits per heavy atom. The summed E-state index contributed by atoms with van der Waals surface area (Å²) in [6.45, 7) is 2.54. The second kappa shape index (κ2) is 5.11. The van der Waals surface area contributed by atoms with Gasteiger partial charge in [0.05, 0.1) is 0 Å². The minimum atomic E-state index is 0.520. The van der Waals surface area contributed by atoms with Crippen LogP contribution < -0.4 is 10.5 Å². The van der Waals surface area contributed by atoms with Gasteiger partial charge in [-0.15, -0.1) is 0 Å². The van der Waals surface area contributed by atoms with Crippen molar-refractivity contribution in [3.63, 3.8) is 0 Å². The third kappa shape index (κ3) is 3.14. The van der Waals surface area contributed by atoms with Crippen LogP contribution in [-0.4, -0.2) is 0 Å². The fraction of sp³-hybridized carbons (Fsp3) is 0.143. The molecule has 0 unspecified atom stereocenters. The summed E-state index contributed by atoms with van der Waals surface area (Å²) in [6.07, 6.45) is 0. The van der Waals surface area contributed by atoms with Crippen molar-refractivity contribution in [2.24, 2.45) is 0 Å². The predicted molar refractivity (Wildman–Crippen MR) is 71.4 cm³/mol. The number of hydrogen-bond donors (Lipinski definition) is 1. The summed E-state index contributed by atoms with van der Waals surface area (Å²) in [5.41, 5.74) is 8.63. The van der Waals surface area contributed by atoms with E-state index in [1.165, 1.54) is 0 Å². The number of halogens is 1. The minimum Gasteiger partial charge on any atom is -0.489 e. The lowest BCUT2D eigenvalue weighted by Crippen LogP contribution is -1.98. The Hall–Kier alpha value is -1.67. The fourth-order valence-electron chi connectivity index (χ4n) is 1.59. The molecule has 0 bridgehead atoms. The maximum atomic E-state index is 5.90. The van der Waals surface area contributed by atoms with E-state index in [-0.39, 0.29) is 0 Å². The Morgan fingerprint density at radius 1 is 1.18 bits per heavy atom. The lowest BCUT2D eigenvalue weighted by Gasteiger charge is -2.09. The molecule has 17 heavy (non-hydrogen) atoms. The maximum Gasteiger partial charge on any atom is 0.121 e. The lowest BCUT2D eigenvalue weighted by molar-refractivity contribution is 0.305. The highest BCUT2D eigenvalue weighted by Gasteiger charge is 2.01. The van der Waals surface area contributed by atoms with Crippen LogP contribution in [0, 0.1) is 6.92 Å². The highest BCUT2D eigenvalue weighted by molar-refractivity contribution is 6.30. The Balaban J connectivity index is 2.07. The van der Waals surface area contributed by atoms with Gasteiger partial charge in [-0.05, 0) is 42.3 Å². The molecule has 88 valence electrons. The highest BCUT2D eigenvalue weighted by atomic mass is 35.5. The summed E-state index contributed by atoms with van der Waals surface area (Å²) in [7, 11) is 0. The van der Waals surface area contributed by atoms with Crippen LogP contribution in [0.2, 0.25) is 5.02 Å². The van der Waals surface area contributed by atoms with E-state index in [2.05, 4.69) is 0 Å². The van der Waals surface area contributed by atoms with Crippen molar-refractivity contribution in [2.75, 3.05) is 5.73 Å².